The van der Waals surface area contributed by atoms with Gasteiger partial charge in [0.05, 0.1) is 0 Å². The Balaban J connectivity index is 4.33. The molecule has 398 valence electrons. The summed E-state index contributed by atoms with van der Waals surface area (Å²) in [4.78, 5) is 38.1. The average Bonchev–Trinajstić information content (AvgIpc) is 3.34. The second-order valence-electron chi connectivity index (χ2n) is 20.3. The molecule has 0 bridgehead atoms. The zero-order valence-electron chi connectivity index (χ0n) is 45.6. The van der Waals surface area contributed by atoms with Crippen molar-refractivity contribution in [2.45, 2.75) is 329 Å². The summed E-state index contributed by atoms with van der Waals surface area (Å²) >= 11 is 0. The highest BCUT2D eigenvalue weighted by atomic mass is 16.6. The second-order valence-corrected chi connectivity index (χ2v) is 20.3. The Morgan fingerprint density at radius 1 is 0.294 bits per heavy atom. The highest BCUT2D eigenvalue weighted by molar-refractivity contribution is 5.71. The summed E-state index contributed by atoms with van der Waals surface area (Å²) in [7, 11) is 0. The summed E-state index contributed by atoms with van der Waals surface area (Å²) in [5.74, 6) is -0.920. The Bertz CT molecular complexity index is 1140. The van der Waals surface area contributed by atoms with E-state index in [1.807, 2.05) is 0 Å². The summed E-state index contributed by atoms with van der Waals surface area (Å²) in [6.07, 6.45) is 68.7. The average molecular weight is 956 g/mol. The van der Waals surface area contributed by atoms with Gasteiger partial charge in [-0.25, -0.2) is 0 Å². The molecule has 0 N–H and O–H groups in total. The number of esters is 3. The number of unbranched alkanes of at least 4 members (excludes halogenated alkanes) is 38. The van der Waals surface area contributed by atoms with Crippen LogP contribution in [-0.4, -0.2) is 37.2 Å². The molecule has 0 aliphatic rings. The van der Waals surface area contributed by atoms with E-state index < -0.39 is 6.10 Å². The molecule has 68 heavy (non-hydrogen) atoms. The molecule has 0 fully saturated rings. The largest absolute Gasteiger partial charge is 0.462 e. The molecule has 0 rings (SSSR count). The first kappa shape index (κ1) is 65.6. The van der Waals surface area contributed by atoms with Gasteiger partial charge in [-0.2, -0.15) is 0 Å². The number of carbonyl (C=O) groups is 3. The Kier molecular flexibility index (Phi) is 55.2. The standard InChI is InChI=1S/C62H114O6/c1-4-7-10-13-16-19-22-25-27-29-30-31-32-34-35-37-40-43-46-49-52-55-61(64)67-58-59(57-66-60(63)54-51-48-45-42-39-24-21-18-15-12-9-6-3)68-62(65)56-53-50-47-44-41-38-36-33-28-26-23-20-17-14-11-8-5-2/h26,28,36,38,44,47,59H,4-25,27,29-35,37,39-43,45-46,48-58H2,1-3H3/b28-26-,38-36-,47-44-/t59-/m0/s1. The maximum Gasteiger partial charge on any atom is 0.306 e. The first-order valence-electron chi connectivity index (χ1n) is 30.0. The Labute approximate surface area is 423 Å². The molecule has 0 heterocycles. The van der Waals surface area contributed by atoms with Crippen molar-refractivity contribution >= 4 is 17.9 Å². The molecule has 0 saturated heterocycles. The van der Waals surface area contributed by atoms with Crippen LogP contribution in [-0.2, 0) is 28.6 Å². The van der Waals surface area contributed by atoms with E-state index in [1.54, 1.807) is 0 Å². The number of ether oxygens (including phenoxy) is 3. The minimum atomic E-state index is -0.794. The van der Waals surface area contributed by atoms with Gasteiger partial charge in [0.2, 0.25) is 0 Å². The lowest BCUT2D eigenvalue weighted by molar-refractivity contribution is -0.167. The zero-order valence-corrected chi connectivity index (χ0v) is 45.6. The molecule has 0 amide bonds. The van der Waals surface area contributed by atoms with Crippen molar-refractivity contribution in [1.82, 2.24) is 0 Å². The van der Waals surface area contributed by atoms with Gasteiger partial charge in [0.25, 0.3) is 0 Å². The van der Waals surface area contributed by atoms with Crippen LogP contribution >= 0.6 is 0 Å². The third kappa shape index (κ3) is 54.6. The van der Waals surface area contributed by atoms with Crippen molar-refractivity contribution in [3.05, 3.63) is 36.5 Å². The van der Waals surface area contributed by atoms with E-state index in [-0.39, 0.29) is 37.5 Å². The molecule has 0 aromatic carbocycles. The minimum absolute atomic E-state index is 0.0871. The van der Waals surface area contributed by atoms with E-state index >= 15 is 0 Å². The van der Waals surface area contributed by atoms with Crippen LogP contribution in [0.2, 0.25) is 0 Å². The van der Waals surface area contributed by atoms with E-state index in [4.69, 9.17) is 14.2 Å². The molecule has 0 radical (unpaired) electrons. The van der Waals surface area contributed by atoms with E-state index in [2.05, 4.69) is 57.2 Å². The van der Waals surface area contributed by atoms with Gasteiger partial charge in [0.15, 0.2) is 6.10 Å². The molecule has 0 saturated carbocycles. The molecule has 6 nitrogen and oxygen atoms in total. The highest BCUT2D eigenvalue weighted by Crippen LogP contribution is 2.17. The fourth-order valence-corrected chi connectivity index (χ4v) is 8.87. The van der Waals surface area contributed by atoms with Gasteiger partial charge in [-0.3, -0.25) is 14.4 Å². The van der Waals surface area contributed by atoms with Gasteiger partial charge in [-0.05, 0) is 51.4 Å². The van der Waals surface area contributed by atoms with Crippen molar-refractivity contribution in [2.75, 3.05) is 13.2 Å². The maximum atomic E-state index is 12.8. The summed E-state index contributed by atoms with van der Waals surface area (Å²) in [5.41, 5.74) is 0. The minimum Gasteiger partial charge on any atom is -0.462 e. The third-order valence-electron chi connectivity index (χ3n) is 13.4. The SMILES string of the molecule is CCCCCCCC/C=C\C/C=C\C/C=C\CCCC(=O)O[C@@H](COC(=O)CCCCCCCCCCCCCC)COC(=O)CCCCCCCCCCCCCCCCCCCCCCC. The number of hydrogen-bond donors (Lipinski definition) is 0. The fraction of sp³-hybridized carbons (Fsp3) is 0.855. The van der Waals surface area contributed by atoms with E-state index in [1.165, 1.54) is 218 Å². The smallest absolute Gasteiger partial charge is 0.306 e. The highest BCUT2D eigenvalue weighted by Gasteiger charge is 2.19. The monoisotopic (exact) mass is 955 g/mol. The van der Waals surface area contributed by atoms with Crippen LogP contribution in [0.5, 0.6) is 0 Å². The lowest BCUT2D eigenvalue weighted by atomic mass is 10.0. The molecule has 6 heteroatoms. The van der Waals surface area contributed by atoms with Gasteiger partial charge in [-0.1, -0.05) is 288 Å². The molecular formula is C62H114O6. The predicted octanol–water partition coefficient (Wildman–Crippen LogP) is 20.0. The Morgan fingerprint density at radius 3 is 0.868 bits per heavy atom. The van der Waals surface area contributed by atoms with E-state index in [0.29, 0.717) is 19.3 Å². The summed E-state index contributed by atoms with van der Waals surface area (Å²) in [6, 6.07) is 0. The molecule has 0 unspecified atom stereocenters. The van der Waals surface area contributed by atoms with Crippen LogP contribution in [0.3, 0.4) is 0 Å². The Morgan fingerprint density at radius 2 is 0.544 bits per heavy atom. The van der Waals surface area contributed by atoms with Crippen LogP contribution in [0.4, 0.5) is 0 Å². The Hall–Kier alpha value is -2.37. The first-order chi connectivity index (χ1) is 33.5. The molecule has 0 aliphatic heterocycles. The van der Waals surface area contributed by atoms with Crippen LogP contribution in [0.15, 0.2) is 36.5 Å². The fourth-order valence-electron chi connectivity index (χ4n) is 8.87. The van der Waals surface area contributed by atoms with Gasteiger partial charge in [-0.15, -0.1) is 0 Å². The summed E-state index contributed by atoms with van der Waals surface area (Å²) in [6.45, 7) is 6.64. The molecular weight excluding hydrogens is 841 g/mol. The van der Waals surface area contributed by atoms with Gasteiger partial charge in [0, 0.05) is 19.3 Å². The normalized spacial score (nSPS) is 12.2. The number of allylic oxidation sites excluding steroid dienone is 6. The lowest BCUT2D eigenvalue weighted by Gasteiger charge is -2.18. The quantitative estimate of drug-likeness (QED) is 0.0262. The third-order valence-corrected chi connectivity index (χ3v) is 13.4. The van der Waals surface area contributed by atoms with Crippen molar-refractivity contribution in [1.29, 1.82) is 0 Å². The van der Waals surface area contributed by atoms with Crippen molar-refractivity contribution in [3.63, 3.8) is 0 Å². The molecule has 0 spiro atoms. The zero-order chi connectivity index (χ0) is 49.3. The van der Waals surface area contributed by atoms with Crippen LogP contribution < -0.4 is 0 Å². The molecule has 0 aliphatic carbocycles. The van der Waals surface area contributed by atoms with Gasteiger partial charge >= 0.3 is 17.9 Å². The second kappa shape index (κ2) is 57.2. The van der Waals surface area contributed by atoms with E-state index in [0.717, 1.165) is 57.8 Å². The summed E-state index contributed by atoms with van der Waals surface area (Å²) < 4.78 is 16.8. The maximum absolute atomic E-state index is 12.8. The predicted molar refractivity (Wildman–Crippen MR) is 293 cm³/mol. The van der Waals surface area contributed by atoms with Crippen molar-refractivity contribution in [2.24, 2.45) is 0 Å². The first-order valence-corrected chi connectivity index (χ1v) is 30.0. The van der Waals surface area contributed by atoms with Crippen molar-refractivity contribution in [3.8, 4) is 0 Å². The molecule has 1 atom stereocenters. The number of hydrogen-bond acceptors (Lipinski definition) is 6. The topological polar surface area (TPSA) is 78.9 Å². The molecule has 0 aromatic rings. The summed E-state index contributed by atoms with van der Waals surface area (Å²) in [5, 5.41) is 0. The van der Waals surface area contributed by atoms with Crippen LogP contribution in [0.25, 0.3) is 0 Å². The number of rotatable bonds is 55. The molecule has 0 aromatic heterocycles. The van der Waals surface area contributed by atoms with Crippen molar-refractivity contribution < 1.29 is 28.6 Å². The van der Waals surface area contributed by atoms with Gasteiger partial charge < -0.3 is 14.2 Å². The van der Waals surface area contributed by atoms with Crippen LogP contribution in [0.1, 0.15) is 323 Å². The lowest BCUT2D eigenvalue weighted by Crippen LogP contribution is -2.30. The van der Waals surface area contributed by atoms with Crippen LogP contribution in [0, 0.1) is 0 Å². The van der Waals surface area contributed by atoms with E-state index in [9.17, 15) is 14.4 Å². The number of carbonyl (C=O) groups excluding carboxylic acids is 3. The van der Waals surface area contributed by atoms with Gasteiger partial charge in [0.1, 0.15) is 13.2 Å².